The van der Waals surface area contributed by atoms with E-state index in [1.165, 1.54) is 11.0 Å². The lowest BCUT2D eigenvalue weighted by molar-refractivity contribution is 0.0983. The number of nitrogens with zero attached hydrogens (tertiary/aromatic N) is 1. The van der Waals surface area contributed by atoms with Crippen LogP contribution in [-0.2, 0) is 6.42 Å². The maximum atomic E-state index is 14.2. The quantitative estimate of drug-likeness (QED) is 0.812. The van der Waals surface area contributed by atoms with E-state index >= 15 is 0 Å². The summed E-state index contributed by atoms with van der Waals surface area (Å²) in [5.41, 5.74) is 1.75. The lowest BCUT2D eigenvalue weighted by Gasteiger charge is -2.29. The number of aryl methyl sites for hydroxylation is 1. The van der Waals surface area contributed by atoms with E-state index in [1.54, 1.807) is 24.3 Å². The average Bonchev–Trinajstić information content (AvgIpc) is 3.01. The fraction of sp³-hybridized carbons (Fsp3) is 0.235. The van der Waals surface area contributed by atoms with Crippen molar-refractivity contribution in [1.82, 2.24) is 0 Å². The number of ether oxygens (including phenoxy) is 2. The predicted octanol–water partition coefficient (Wildman–Crippen LogP) is 3.15. The Kier molecular flexibility index (Phi) is 2.99. The molecule has 0 radical (unpaired) electrons. The number of rotatable bonds is 1. The molecular weight excluding hydrogens is 285 g/mol. The molecule has 0 bridgehead atoms. The van der Waals surface area contributed by atoms with E-state index in [9.17, 15) is 9.18 Å². The molecule has 2 aromatic rings. The Morgan fingerprint density at radius 3 is 2.91 bits per heavy atom. The summed E-state index contributed by atoms with van der Waals surface area (Å²) in [5.74, 6) is 0.606. The maximum Gasteiger partial charge on any atom is 0.258 e. The highest BCUT2D eigenvalue weighted by Gasteiger charge is 2.27. The first-order valence-electron chi connectivity index (χ1n) is 7.23. The predicted molar refractivity (Wildman–Crippen MR) is 79.0 cm³/mol. The number of anilines is 1. The van der Waals surface area contributed by atoms with Crippen molar-refractivity contribution in [2.75, 3.05) is 18.2 Å². The number of hydrogen-bond donors (Lipinski definition) is 0. The normalized spacial score (nSPS) is 15.6. The molecule has 2 aromatic carbocycles. The van der Waals surface area contributed by atoms with Gasteiger partial charge in [0.05, 0.1) is 5.69 Å². The molecule has 1 amide bonds. The van der Waals surface area contributed by atoms with Crippen molar-refractivity contribution in [3.8, 4) is 11.5 Å². The van der Waals surface area contributed by atoms with E-state index in [0.717, 1.165) is 18.4 Å². The summed E-state index contributed by atoms with van der Waals surface area (Å²) in [6.07, 6.45) is 1.62. The molecule has 0 saturated carbocycles. The summed E-state index contributed by atoms with van der Waals surface area (Å²) in [6, 6.07) is 10.00. The third kappa shape index (κ3) is 2.01. The molecular formula is C17H14FNO3. The van der Waals surface area contributed by atoms with Gasteiger partial charge >= 0.3 is 0 Å². The molecule has 2 aliphatic heterocycles. The van der Waals surface area contributed by atoms with Gasteiger partial charge in [-0.1, -0.05) is 12.1 Å². The largest absolute Gasteiger partial charge is 0.454 e. The Hall–Kier alpha value is -2.56. The van der Waals surface area contributed by atoms with E-state index in [4.69, 9.17) is 9.47 Å². The smallest absolute Gasteiger partial charge is 0.258 e. The fourth-order valence-corrected chi connectivity index (χ4v) is 2.99. The van der Waals surface area contributed by atoms with E-state index in [-0.39, 0.29) is 18.5 Å². The summed E-state index contributed by atoms with van der Waals surface area (Å²) in [5, 5.41) is 0. The minimum atomic E-state index is -0.355. The lowest BCUT2D eigenvalue weighted by atomic mass is 10.0. The van der Waals surface area contributed by atoms with Crippen LogP contribution in [0.15, 0.2) is 36.4 Å². The van der Waals surface area contributed by atoms with Crippen molar-refractivity contribution >= 4 is 11.6 Å². The number of carbonyl (C=O) groups excluding carboxylic acids is 1. The zero-order valence-corrected chi connectivity index (χ0v) is 11.8. The van der Waals surface area contributed by atoms with E-state index in [1.807, 2.05) is 6.07 Å². The third-order valence-corrected chi connectivity index (χ3v) is 4.03. The van der Waals surface area contributed by atoms with Gasteiger partial charge in [0.2, 0.25) is 6.79 Å². The Bertz CT molecular complexity index is 760. The molecule has 112 valence electrons. The molecule has 2 heterocycles. The summed E-state index contributed by atoms with van der Waals surface area (Å²) < 4.78 is 24.7. The molecule has 5 heteroatoms. The molecule has 2 aliphatic rings. The molecule has 4 nitrogen and oxygen atoms in total. The highest BCUT2D eigenvalue weighted by Crippen LogP contribution is 2.35. The van der Waals surface area contributed by atoms with Gasteiger partial charge < -0.3 is 14.4 Å². The highest BCUT2D eigenvalue weighted by molar-refractivity contribution is 6.07. The summed E-state index contributed by atoms with van der Waals surface area (Å²) >= 11 is 0. The molecule has 0 N–H and O–H groups in total. The van der Waals surface area contributed by atoms with Gasteiger partial charge in [-0.05, 0) is 42.7 Å². The number of para-hydroxylation sites is 1. The number of carbonyl (C=O) groups is 1. The van der Waals surface area contributed by atoms with Gasteiger partial charge in [-0.25, -0.2) is 4.39 Å². The van der Waals surface area contributed by atoms with Crippen molar-refractivity contribution < 1.29 is 18.7 Å². The Morgan fingerprint density at radius 1 is 1.14 bits per heavy atom. The first-order valence-corrected chi connectivity index (χ1v) is 7.23. The Morgan fingerprint density at radius 2 is 2.00 bits per heavy atom. The molecule has 0 spiro atoms. The zero-order chi connectivity index (χ0) is 15.1. The maximum absolute atomic E-state index is 14.2. The van der Waals surface area contributed by atoms with Crippen LogP contribution in [0.4, 0.5) is 10.1 Å². The number of amides is 1. The van der Waals surface area contributed by atoms with Crippen LogP contribution in [0.25, 0.3) is 0 Å². The van der Waals surface area contributed by atoms with Crippen molar-refractivity contribution in [3.63, 3.8) is 0 Å². The Balaban J connectivity index is 1.73. The van der Waals surface area contributed by atoms with E-state index in [0.29, 0.717) is 29.3 Å². The van der Waals surface area contributed by atoms with Crippen LogP contribution < -0.4 is 14.4 Å². The molecule has 0 fully saturated rings. The van der Waals surface area contributed by atoms with Crippen molar-refractivity contribution in [1.29, 1.82) is 0 Å². The molecule has 22 heavy (non-hydrogen) atoms. The van der Waals surface area contributed by atoms with Gasteiger partial charge in [-0.3, -0.25) is 4.79 Å². The number of benzene rings is 2. The molecule has 0 aromatic heterocycles. The third-order valence-electron chi connectivity index (χ3n) is 4.03. The second kappa shape index (κ2) is 5.02. The summed E-state index contributed by atoms with van der Waals surface area (Å²) in [7, 11) is 0. The van der Waals surface area contributed by atoms with Crippen LogP contribution in [0, 0.1) is 5.82 Å². The lowest BCUT2D eigenvalue weighted by Crippen LogP contribution is -2.36. The van der Waals surface area contributed by atoms with Crippen LogP contribution in [-0.4, -0.2) is 19.2 Å². The van der Waals surface area contributed by atoms with Gasteiger partial charge in [0, 0.05) is 12.1 Å². The number of fused-ring (bicyclic) bond motifs is 2. The van der Waals surface area contributed by atoms with Crippen molar-refractivity contribution in [3.05, 3.63) is 53.3 Å². The minimum Gasteiger partial charge on any atom is -0.454 e. The SMILES string of the molecule is O=C(c1ccc2c(c1)OCO2)N1CCCc2cccc(F)c21. The fourth-order valence-electron chi connectivity index (χ4n) is 2.99. The van der Waals surface area contributed by atoms with Crippen molar-refractivity contribution in [2.24, 2.45) is 0 Å². The van der Waals surface area contributed by atoms with Crippen molar-refractivity contribution in [2.45, 2.75) is 12.8 Å². The number of hydrogen-bond acceptors (Lipinski definition) is 3. The first-order chi connectivity index (χ1) is 10.7. The Labute approximate surface area is 127 Å². The molecule has 0 atom stereocenters. The van der Waals surface area contributed by atoms with Crippen LogP contribution in [0.5, 0.6) is 11.5 Å². The minimum absolute atomic E-state index is 0.161. The second-order valence-corrected chi connectivity index (χ2v) is 5.38. The first kappa shape index (κ1) is 13.1. The average molecular weight is 299 g/mol. The van der Waals surface area contributed by atoms with Gasteiger partial charge in [0.15, 0.2) is 11.5 Å². The number of halogens is 1. The summed E-state index contributed by atoms with van der Waals surface area (Å²) in [4.78, 5) is 14.3. The molecule has 0 saturated heterocycles. The standard InChI is InChI=1S/C17H14FNO3/c18-13-5-1-3-11-4-2-8-19(16(11)13)17(20)12-6-7-14-15(9-12)22-10-21-14/h1,3,5-7,9H,2,4,8,10H2. The zero-order valence-electron chi connectivity index (χ0n) is 11.8. The van der Waals surface area contributed by atoms with Gasteiger partial charge in [0.1, 0.15) is 5.82 Å². The van der Waals surface area contributed by atoms with Crippen LogP contribution in [0.1, 0.15) is 22.3 Å². The van der Waals surface area contributed by atoms with Gasteiger partial charge in [-0.2, -0.15) is 0 Å². The van der Waals surface area contributed by atoms with Crippen LogP contribution in [0.2, 0.25) is 0 Å². The monoisotopic (exact) mass is 299 g/mol. The highest BCUT2D eigenvalue weighted by atomic mass is 19.1. The molecule has 4 rings (SSSR count). The van der Waals surface area contributed by atoms with Crippen LogP contribution >= 0.6 is 0 Å². The molecule has 0 aliphatic carbocycles. The topological polar surface area (TPSA) is 38.8 Å². The summed E-state index contributed by atoms with van der Waals surface area (Å²) in [6.45, 7) is 0.676. The second-order valence-electron chi connectivity index (χ2n) is 5.38. The van der Waals surface area contributed by atoms with Gasteiger partial charge in [-0.15, -0.1) is 0 Å². The van der Waals surface area contributed by atoms with E-state index < -0.39 is 0 Å². The molecule has 0 unspecified atom stereocenters. The van der Waals surface area contributed by atoms with E-state index in [2.05, 4.69) is 0 Å². The van der Waals surface area contributed by atoms with Crippen LogP contribution in [0.3, 0.4) is 0 Å². The van der Waals surface area contributed by atoms with Gasteiger partial charge in [0.25, 0.3) is 5.91 Å².